The molecule has 190 valence electrons. The van der Waals surface area contributed by atoms with Crippen molar-refractivity contribution in [3.63, 3.8) is 0 Å². The van der Waals surface area contributed by atoms with E-state index in [4.69, 9.17) is 5.26 Å². The van der Waals surface area contributed by atoms with E-state index in [0.717, 1.165) is 42.7 Å². The van der Waals surface area contributed by atoms with Gasteiger partial charge in [-0.3, -0.25) is 19.2 Å². The van der Waals surface area contributed by atoms with Gasteiger partial charge in [0.15, 0.2) is 0 Å². The maximum absolute atomic E-state index is 12.9. The Labute approximate surface area is 211 Å². The van der Waals surface area contributed by atoms with Crippen molar-refractivity contribution < 1.29 is 4.79 Å². The molecule has 1 aromatic carbocycles. The molecule has 36 heavy (non-hydrogen) atoms. The lowest BCUT2D eigenvalue weighted by molar-refractivity contribution is 0.0961. The van der Waals surface area contributed by atoms with E-state index in [1.54, 1.807) is 35.6 Å². The lowest BCUT2D eigenvalue weighted by Gasteiger charge is -2.49. The standard InChI is InChI=1S/C27H35N7O2/c1-6-21-16-34(23-14-25(35)31(5)24-17-32(13-12-28)30-26(23)24)22(7-2)15-33(21)18(3)19-8-10-20(11-9-19)27(36)29-4/h8-11,14,17-18,21-22H,6-7,13,15-16H2,1-5H3,(H,29,36)/t18-,21-,22+/m1/s1. The van der Waals surface area contributed by atoms with Crippen LogP contribution >= 0.6 is 0 Å². The molecule has 0 unspecified atom stereocenters. The van der Waals surface area contributed by atoms with Crippen molar-refractivity contribution in [2.45, 2.75) is 58.3 Å². The van der Waals surface area contributed by atoms with Crippen LogP contribution in [0.2, 0.25) is 0 Å². The van der Waals surface area contributed by atoms with Crippen molar-refractivity contribution in [2.24, 2.45) is 7.05 Å². The van der Waals surface area contributed by atoms with Crippen molar-refractivity contribution in [1.82, 2.24) is 24.6 Å². The summed E-state index contributed by atoms with van der Waals surface area (Å²) in [6, 6.07) is 12.3. The smallest absolute Gasteiger partial charge is 0.252 e. The first-order chi connectivity index (χ1) is 17.3. The predicted octanol–water partition coefficient (Wildman–Crippen LogP) is 3.06. The summed E-state index contributed by atoms with van der Waals surface area (Å²) < 4.78 is 3.20. The van der Waals surface area contributed by atoms with Crippen LogP contribution in [0, 0.1) is 11.3 Å². The number of anilines is 1. The third-order valence-electron chi connectivity index (χ3n) is 7.54. The minimum absolute atomic E-state index is 0.0797. The monoisotopic (exact) mass is 489 g/mol. The molecule has 3 heterocycles. The second-order valence-electron chi connectivity index (χ2n) is 9.50. The second kappa shape index (κ2) is 10.5. The summed E-state index contributed by atoms with van der Waals surface area (Å²) in [6.45, 7) is 8.37. The summed E-state index contributed by atoms with van der Waals surface area (Å²) >= 11 is 0. The van der Waals surface area contributed by atoms with Crippen LogP contribution in [0.5, 0.6) is 0 Å². The minimum atomic E-state index is -0.0853. The Hall–Kier alpha value is -3.64. The van der Waals surface area contributed by atoms with E-state index in [2.05, 4.69) is 47.1 Å². The maximum Gasteiger partial charge on any atom is 0.252 e. The van der Waals surface area contributed by atoms with Gasteiger partial charge in [-0.05, 0) is 37.5 Å². The van der Waals surface area contributed by atoms with Gasteiger partial charge < -0.3 is 14.8 Å². The largest absolute Gasteiger partial charge is 0.364 e. The molecule has 2 aromatic heterocycles. The second-order valence-corrected chi connectivity index (χ2v) is 9.50. The van der Waals surface area contributed by atoms with Crippen molar-refractivity contribution in [2.75, 3.05) is 25.0 Å². The number of fused-ring (bicyclic) bond motifs is 1. The molecular formula is C27H35N7O2. The molecular weight excluding hydrogens is 454 g/mol. The number of piperazine rings is 1. The predicted molar refractivity (Wildman–Crippen MR) is 141 cm³/mol. The molecule has 0 bridgehead atoms. The van der Waals surface area contributed by atoms with Crippen LogP contribution in [0.3, 0.4) is 0 Å². The Bertz CT molecular complexity index is 1340. The molecule has 1 N–H and O–H groups in total. The molecule has 0 spiro atoms. The molecule has 4 rings (SSSR count). The molecule has 1 fully saturated rings. The number of carbonyl (C=O) groups excluding carboxylic acids is 1. The van der Waals surface area contributed by atoms with Crippen LogP contribution in [0.15, 0.2) is 41.3 Å². The zero-order valence-corrected chi connectivity index (χ0v) is 21.7. The normalized spacial score (nSPS) is 19.3. The highest BCUT2D eigenvalue weighted by Gasteiger charge is 2.36. The van der Waals surface area contributed by atoms with E-state index in [1.165, 1.54) is 5.56 Å². The highest BCUT2D eigenvalue weighted by Crippen LogP contribution is 2.34. The topological polar surface area (TPSA) is 99.2 Å². The number of benzene rings is 1. The van der Waals surface area contributed by atoms with Gasteiger partial charge in [-0.2, -0.15) is 10.4 Å². The van der Waals surface area contributed by atoms with Gasteiger partial charge in [-0.15, -0.1) is 0 Å². The zero-order valence-electron chi connectivity index (χ0n) is 21.7. The Kier molecular flexibility index (Phi) is 7.45. The molecule has 9 heteroatoms. The van der Waals surface area contributed by atoms with Gasteiger partial charge in [0.05, 0.1) is 23.5 Å². The van der Waals surface area contributed by atoms with Crippen LogP contribution in [0.1, 0.15) is 55.6 Å². The fourth-order valence-corrected chi connectivity index (χ4v) is 5.32. The van der Waals surface area contributed by atoms with Gasteiger partial charge in [-0.25, -0.2) is 0 Å². The Morgan fingerprint density at radius 2 is 1.89 bits per heavy atom. The van der Waals surface area contributed by atoms with Crippen LogP contribution in [-0.2, 0) is 13.6 Å². The SMILES string of the molecule is CC[C@H]1CN([C@H](C)c2ccc(C(=O)NC)cc2)[C@H](CC)CN1c1cc(=O)n(C)c2cn(CC#N)nc12. The number of nitrogens with zero attached hydrogens (tertiary/aromatic N) is 6. The number of hydrogen-bond acceptors (Lipinski definition) is 6. The van der Waals surface area contributed by atoms with Crippen LogP contribution in [-0.4, -0.2) is 57.4 Å². The summed E-state index contributed by atoms with van der Waals surface area (Å²) in [7, 11) is 3.38. The molecule has 9 nitrogen and oxygen atoms in total. The summed E-state index contributed by atoms with van der Waals surface area (Å²) in [6.07, 6.45) is 3.66. The third kappa shape index (κ3) is 4.61. The lowest BCUT2D eigenvalue weighted by Crippen LogP contribution is -2.58. The zero-order chi connectivity index (χ0) is 26.0. The quantitative estimate of drug-likeness (QED) is 0.548. The fourth-order valence-electron chi connectivity index (χ4n) is 5.32. The van der Waals surface area contributed by atoms with E-state index in [1.807, 2.05) is 24.3 Å². The van der Waals surface area contributed by atoms with E-state index in [0.29, 0.717) is 5.56 Å². The Morgan fingerprint density at radius 1 is 1.19 bits per heavy atom. The van der Waals surface area contributed by atoms with E-state index in [9.17, 15) is 9.59 Å². The van der Waals surface area contributed by atoms with Gasteiger partial charge in [-0.1, -0.05) is 26.0 Å². The van der Waals surface area contributed by atoms with Gasteiger partial charge in [0.2, 0.25) is 0 Å². The number of nitriles is 1. The van der Waals surface area contributed by atoms with E-state index in [-0.39, 0.29) is 36.1 Å². The third-order valence-corrected chi connectivity index (χ3v) is 7.54. The van der Waals surface area contributed by atoms with E-state index >= 15 is 0 Å². The molecule has 0 saturated carbocycles. The van der Waals surface area contributed by atoms with Gasteiger partial charge in [0.1, 0.15) is 12.1 Å². The molecule has 0 radical (unpaired) electrons. The van der Waals surface area contributed by atoms with Crippen molar-refractivity contribution in [3.8, 4) is 6.07 Å². The van der Waals surface area contributed by atoms with Crippen molar-refractivity contribution >= 4 is 22.6 Å². The summed E-state index contributed by atoms with van der Waals surface area (Å²) in [5.41, 5.74) is 4.09. The van der Waals surface area contributed by atoms with Crippen LogP contribution in [0.4, 0.5) is 5.69 Å². The van der Waals surface area contributed by atoms with Crippen molar-refractivity contribution in [1.29, 1.82) is 5.26 Å². The summed E-state index contributed by atoms with van der Waals surface area (Å²) in [5, 5.41) is 16.5. The number of hydrogen-bond donors (Lipinski definition) is 1. The first-order valence-corrected chi connectivity index (χ1v) is 12.6. The number of pyridine rings is 1. The average Bonchev–Trinajstić information content (AvgIpc) is 3.33. The Balaban J connectivity index is 1.67. The highest BCUT2D eigenvalue weighted by molar-refractivity contribution is 5.94. The fraction of sp³-hybridized carbons (Fsp3) is 0.481. The van der Waals surface area contributed by atoms with Crippen LogP contribution in [0.25, 0.3) is 11.0 Å². The van der Waals surface area contributed by atoms with Crippen molar-refractivity contribution in [3.05, 3.63) is 58.0 Å². The van der Waals surface area contributed by atoms with E-state index < -0.39 is 0 Å². The molecule has 3 atom stereocenters. The van der Waals surface area contributed by atoms with Gasteiger partial charge >= 0.3 is 0 Å². The molecule has 3 aromatic rings. The molecule has 1 aliphatic heterocycles. The number of aryl methyl sites for hydroxylation is 1. The van der Waals surface area contributed by atoms with Gasteiger partial charge in [0, 0.05) is 56.9 Å². The number of carbonyl (C=O) groups is 1. The molecule has 1 aliphatic rings. The lowest BCUT2D eigenvalue weighted by atomic mass is 9.96. The summed E-state index contributed by atoms with van der Waals surface area (Å²) in [5.74, 6) is -0.0853. The number of rotatable bonds is 7. The maximum atomic E-state index is 12.9. The first kappa shape index (κ1) is 25.5. The average molecular weight is 490 g/mol. The number of nitrogens with one attached hydrogen (secondary N) is 1. The number of aromatic nitrogens is 3. The van der Waals surface area contributed by atoms with Crippen LogP contribution < -0.4 is 15.8 Å². The molecule has 1 saturated heterocycles. The molecule has 0 aliphatic carbocycles. The Morgan fingerprint density at radius 3 is 2.50 bits per heavy atom. The summed E-state index contributed by atoms with van der Waals surface area (Å²) in [4.78, 5) is 29.7. The first-order valence-electron chi connectivity index (χ1n) is 12.6. The highest BCUT2D eigenvalue weighted by atomic mass is 16.1. The molecule has 1 amide bonds. The minimum Gasteiger partial charge on any atom is -0.364 e. The van der Waals surface area contributed by atoms with Gasteiger partial charge in [0.25, 0.3) is 11.5 Å². The number of amides is 1.